The number of pyridine rings is 1. The molecule has 14 heavy (non-hydrogen) atoms. The zero-order valence-corrected chi connectivity index (χ0v) is 10.4. The van der Waals surface area contributed by atoms with Crippen LogP contribution in [0.25, 0.3) is 0 Å². The fraction of sp³-hybridized carbons (Fsp3) is 0.286. The molecule has 2 nitrogen and oxygen atoms in total. The molecule has 0 radical (unpaired) electrons. The van der Waals surface area contributed by atoms with E-state index in [2.05, 4.69) is 21.9 Å². The first-order valence-corrected chi connectivity index (χ1v) is 3.70. The molecule has 0 aliphatic carbocycles. The first kappa shape index (κ1) is 14.0. The number of rotatable bonds is 1. The number of aromatic nitrogens is 1. The number of methoxy groups -OCH3 is 1. The summed E-state index contributed by atoms with van der Waals surface area (Å²) in [7, 11) is 1.15. The number of nitrogens with one attached hydrogen (secondary N) is 1. The Labute approximate surface area is 107 Å². The molecule has 0 amide bonds. The van der Waals surface area contributed by atoms with E-state index in [-0.39, 0.29) is 41.4 Å². The van der Waals surface area contributed by atoms with Gasteiger partial charge < -0.3 is 11.1 Å². The minimum absolute atomic E-state index is 0. The molecule has 1 aromatic rings. The molecule has 1 rings (SSSR count). The Morgan fingerprint density at radius 3 is 2.43 bits per heavy atom. The van der Waals surface area contributed by atoms with Gasteiger partial charge in [-0.25, -0.2) is 0 Å². The van der Waals surface area contributed by atoms with Crippen molar-refractivity contribution in [3.05, 3.63) is 22.3 Å². The predicted molar refractivity (Wildman–Crippen MR) is 44.3 cm³/mol. The van der Waals surface area contributed by atoms with Crippen LogP contribution in [-0.4, -0.2) is 12.1 Å². The summed E-state index contributed by atoms with van der Waals surface area (Å²) in [4.78, 5) is 2.33. The molecule has 0 unspecified atom stereocenters. The standard InChI is InChI=1S/C7H6F3NOS.Na.H/c1-12-6-5(7(8,9)10)4(13)2-3-11-6;;/h2-3H,1H3,(H,11,13);;/q;+1;-1. The van der Waals surface area contributed by atoms with E-state index in [9.17, 15) is 13.2 Å². The van der Waals surface area contributed by atoms with Gasteiger partial charge >= 0.3 is 35.7 Å². The largest absolute Gasteiger partial charge is 1.00 e. The second-order valence-corrected chi connectivity index (χ2v) is 2.69. The van der Waals surface area contributed by atoms with Gasteiger partial charge in [0, 0.05) is 6.20 Å². The molecule has 0 aromatic carbocycles. The Kier molecular flexibility index (Phi) is 5.14. The molecular formula is C7H7F3NNaOS. The summed E-state index contributed by atoms with van der Waals surface area (Å²) in [5.41, 5.74) is -0.938. The van der Waals surface area contributed by atoms with Crippen molar-refractivity contribution >= 4 is 12.2 Å². The molecule has 0 spiro atoms. The summed E-state index contributed by atoms with van der Waals surface area (Å²) < 4.78 is 41.2. The smallest absolute Gasteiger partial charge is 1.00 e. The van der Waals surface area contributed by atoms with Crippen LogP contribution in [0.5, 0.6) is 5.88 Å². The molecule has 0 aliphatic rings. The van der Waals surface area contributed by atoms with E-state index >= 15 is 0 Å². The fourth-order valence-corrected chi connectivity index (χ4v) is 1.17. The van der Waals surface area contributed by atoms with Gasteiger partial charge in [0.25, 0.3) is 0 Å². The minimum Gasteiger partial charge on any atom is -1.00 e. The van der Waals surface area contributed by atoms with E-state index in [4.69, 9.17) is 0 Å². The van der Waals surface area contributed by atoms with Crippen molar-refractivity contribution in [3.63, 3.8) is 0 Å². The van der Waals surface area contributed by atoms with Gasteiger partial charge in [-0.05, 0) is 6.07 Å². The van der Waals surface area contributed by atoms with Crippen LogP contribution in [0.2, 0.25) is 0 Å². The third-order valence-corrected chi connectivity index (χ3v) is 1.75. The molecule has 7 heteroatoms. The zero-order chi connectivity index (χ0) is 10.1. The molecule has 0 atom stereocenters. The summed E-state index contributed by atoms with van der Waals surface area (Å²) in [6, 6.07) is 1.17. The van der Waals surface area contributed by atoms with E-state index in [0.29, 0.717) is 0 Å². The number of hydrogen-bond acceptors (Lipinski definition) is 2. The number of H-pyrrole nitrogens is 1. The molecule has 1 N–H and O–H groups in total. The van der Waals surface area contributed by atoms with Crippen molar-refractivity contribution in [1.29, 1.82) is 0 Å². The molecule has 0 fully saturated rings. The number of aromatic amines is 1. The van der Waals surface area contributed by atoms with Gasteiger partial charge in [-0.3, -0.25) is 0 Å². The average molecular weight is 233 g/mol. The molecule has 74 valence electrons. The number of hydrogen-bond donors (Lipinski definition) is 1. The second-order valence-electron chi connectivity index (χ2n) is 2.25. The fourth-order valence-electron chi connectivity index (χ4n) is 0.890. The molecule has 1 heterocycles. The van der Waals surface area contributed by atoms with Crippen LogP contribution in [0.4, 0.5) is 13.2 Å². The topological polar surface area (TPSA) is 25.0 Å². The van der Waals surface area contributed by atoms with Gasteiger partial charge in [-0.2, -0.15) is 13.2 Å². The quantitative estimate of drug-likeness (QED) is 0.540. The van der Waals surface area contributed by atoms with Gasteiger partial charge in [0.05, 0.1) is 11.6 Å². The molecule has 0 saturated carbocycles. The van der Waals surface area contributed by atoms with Crippen molar-refractivity contribution in [2.45, 2.75) is 6.18 Å². The van der Waals surface area contributed by atoms with Gasteiger partial charge in [-0.1, -0.05) is 12.2 Å². The third kappa shape index (κ3) is 2.98. The molecular weight excluding hydrogens is 226 g/mol. The number of alkyl halides is 3. The van der Waals surface area contributed by atoms with Crippen molar-refractivity contribution < 1.29 is 48.9 Å². The first-order valence-electron chi connectivity index (χ1n) is 3.29. The molecule has 1 aromatic heterocycles. The van der Waals surface area contributed by atoms with Crippen LogP contribution in [-0.2, 0) is 6.18 Å². The monoisotopic (exact) mass is 233 g/mol. The van der Waals surface area contributed by atoms with Crippen molar-refractivity contribution in [1.82, 2.24) is 4.98 Å². The summed E-state index contributed by atoms with van der Waals surface area (Å²) in [5.74, 6) is -0.361. The Morgan fingerprint density at radius 2 is 2.07 bits per heavy atom. The maximum Gasteiger partial charge on any atom is 1.00 e. The molecule has 0 aliphatic heterocycles. The average Bonchev–Trinajstić information content (AvgIpc) is 2.01. The van der Waals surface area contributed by atoms with Crippen LogP contribution < -0.4 is 34.3 Å². The Bertz CT molecular complexity index is 368. The van der Waals surface area contributed by atoms with Crippen LogP contribution >= 0.6 is 12.2 Å². The summed E-state index contributed by atoms with van der Waals surface area (Å²) in [6.07, 6.45) is -3.18. The van der Waals surface area contributed by atoms with Crippen LogP contribution in [0.1, 0.15) is 6.99 Å². The van der Waals surface area contributed by atoms with Crippen molar-refractivity contribution in [2.75, 3.05) is 7.11 Å². The molecule has 0 saturated heterocycles. The summed E-state index contributed by atoms with van der Waals surface area (Å²) >= 11 is 4.53. The summed E-state index contributed by atoms with van der Waals surface area (Å²) in [6.45, 7) is 0. The Morgan fingerprint density at radius 1 is 1.50 bits per heavy atom. The number of halogens is 3. The van der Waals surface area contributed by atoms with Crippen LogP contribution in [0.3, 0.4) is 0 Å². The van der Waals surface area contributed by atoms with Gasteiger partial charge in [0.15, 0.2) is 0 Å². The third-order valence-electron chi connectivity index (χ3n) is 1.41. The maximum atomic E-state index is 12.3. The van der Waals surface area contributed by atoms with Crippen LogP contribution in [0, 0.1) is 4.51 Å². The maximum absolute atomic E-state index is 12.3. The van der Waals surface area contributed by atoms with E-state index in [1.54, 1.807) is 0 Å². The van der Waals surface area contributed by atoms with Crippen LogP contribution in [0.15, 0.2) is 12.3 Å². The Balaban J connectivity index is 0. The second kappa shape index (κ2) is 5.16. The molecule has 0 bridgehead atoms. The minimum atomic E-state index is -4.49. The number of ether oxygens (including phenoxy) is 1. The van der Waals surface area contributed by atoms with E-state index in [1.165, 1.54) is 12.3 Å². The van der Waals surface area contributed by atoms with Gasteiger partial charge in [0.2, 0.25) is 5.88 Å². The first-order chi connectivity index (χ1) is 5.96. The van der Waals surface area contributed by atoms with Gasteiger partial charge in [-0.15, -0.1) is 0 Å². The SMILES string of the molecule is COc1[nH]ccc(=S)c1C(F)(F)F.[H-].[Na+]. The van der Waals surface area contributed by atoms with Crippen molar-refractivity contribution in [2.24, 2.45) is 0 Å². The summed E-state index contributed by atoms with van der Waals surface area (Å²) in [5, 5.41) is 0. The van der Waals surface area contributed by atoms with Gasteiger partial charge in [0.1, 0.15) is 5.56 Å². The zero-order valence-electron chi connectivity index (χ0n) is 8.61. The predicted octanol–water partition coefficient (Wildman–Crippen LogP) is -0.112. The normalized spacial score (nSPS) is 10.6. The van der Waals surface area contributed by atoms with E-state index in [1.807, 2.05) is 0 Å². The Hall–Kier alpha value is -0.0400. The van der Waals surface area contributed by atoms with Crippen molar-refractivity contribution in [3.8, 4) is 5.88 Å². The van der Waals surface area contributed by atoms with E-state index in [0.717, 1.165) is 7.11 Å². The van der Waals surface area contributed by atoms with E-state index < -0.39 is 11.7 Å².